The molecule has 0 saturated heterocycles. The molecule has 1 aromatic carbocycles. The fourth-order valence-electron chi connectivity index (χ4n) is 0.504. The summed E-state index contributed by atoms with van der Waals surface area (Å²) in [5.41, 5.74) is 0. The SMILES string of the molecule is COc1c[c-]ccc1.[CH2-]C=O.[Y]. The molecule has 0 atom stereocenters. The molecule has 0 aliphatic carbocycles. The molecule has 3 heteroatoms. The van der Waals surface area contributed by atoms with Gasteiger partial charge in [-0.05, 0) is 6.29 Å². The minimum atomic E-state index is 0. The van der Waals surface area contributed by atoms with Crippen LogP contribution in [0, 0.1) is 13.0 Å². The van der Waals surface area contributed by atoms with E-state index in [2.05, 4.69) is 13.0 Å². The average molecular weight is 239 g/mol. The van der Waals surface area contributed by atoms with Crippen LogP contribution in [0.25, 0.3) is 0 Å². The number of ether oxygens (including phenoxy) is 1. The summed E-state index contributed by atoms with van der Waals surface area (Å²) in [5, 5.41) is 0. The Morgan fingerprint density at radius 1 is 1.67 bits per heavy atom. The van der Waals surface area contributed by atoms with Gasteiger partial charge >= 0.3 is 0 Å². The zero-order valence-electron chi connectivity index (χ0n) is 6.99. The summed E-state index contributed by atoms with van der Waals surface area (Å²) in [5.74, 6) is 0.854. The van der Waals surface area contributed by atoms with Gasteiger partial charge in [0.05, 0.1) is 7.11 Å². The zero-order valence-corrected chi connectivity index (χ0v) is 9.83. The third-order valence-electron chi connectivity index (χ3n) is 0.914. The number of rotatable bonds is 1. The Hall–Kier alpha value is -0.336. The van der Waals surface area contributed by atoms with Crippen LogP contribution in [0.1, 0.15) is 0 Å². The number of carbonyl (C=O) groups is 1. The van der Waals surface area contributed by atoms with Gasteiger partial charge in [-0.25, -0.2) is 0 Å². The van der Waals surface area contributed by atoms with Gasteiger partial charge < -0.3 is 16.5 Å². The van der Waals surface area contributed by atoms with Crippen molar-refractivity contribution >= 4 is 6.29 Å². The molecule has 63 valence electrons. The third-order valence-corrected chi connectivity index (χ3v) is 0.914. The van der Waals surface area contributed by atoms with Gasteiger partial charge in [-0.3, -0.25) is 0 Å². The van der Waals surface area contributed by atoms with E-state index >= 15 is 0 Å². The van der Waals surface area contributed by atoms with Crippen molar-refractivity contribution in [1.82, 2.24) is 0 Å². The maximum absolute atomic E-state index is 8.69. The van der Waals surface area contributed by atoms with E-state index in [-0.39, 0.29) is 32.7 Å². The second-order valence-electron chi connectivity index (χ2n) is 1.61. The summed E-state index contributed by atoms with van der Waals surface area (Å²) in [6.07, 6.45) is 0.500. The van der Waals surface area contributed by atoms with Crippen LogP contribution in [0.15, 0.2) is 24.3 Å². The first kappa shape index (κ1) is 14.2. The van der Waals surface area contributed by atoms with E-state index in [4.69, 9.17) is 9.53 Å². The van der Waals surface area contributed by atoms with Crippen LogP contribution in [-0.4, -0.2) is 13.4 Å². The molecule has 0 N–H and O–H groups in total. The second-order valence-corrected chi connectivity index (χ2v) is 1.61. The topological polar surface area (TPSA) is 26.3 Å². The molecule has 0 aromatic heterocycles. The van der Waals surface area contributed by atoms with Gasteiger partial charge in [-0.1, -0.05) is 0 Å². The molecule has 0 saturated carbocycles. The molecule has 0 spiro atoms. The van der Waals surface area contributed by atoms with Crippen LogP contribution < -0.4 is 4.74 Å². The second kappa shape index (κ2) is 10.7. The molecular weight excluding hydrogens is 229 g/mol. The summed E-state index contributed by atoms with van der Waals surface area (Å²) in [6, 6.07) is 10.3. The van der Waals surface area contributed by atoms with Gasteiger partial charge in [0.2, 0.25) is 0 Å². The van der Waals surface area contributed by atoms with Crippen LogP contribution in [0.3, 0.4) is 0 Å². The fourth-order valence-corrected chi connectivity index (χ4v) is 0.504. The predicted molar refractivity (Wildman–Crippen MR) is 43.3 cm³/mol. The first-order chi connectivity index (χ1) is 5.35. The average Bonchev–Trinajstić information content (AvgIpc) is 2.08. The molecule has 0 aliphatic heterocycles. The van der Waals surface area contributed by atoms with Crippen molar-refractivity contribution in [2.75, 3.05) is 7.11 Å². The molecule has 0 fully saturated rings. The summed E-state index contributed by atoms with van der Waals surface area (Å²) in [4.78, 5) is 8.69. The minimum absolute atomic E-state index is 0. The molecule has 0 aliphatic rings. The number of hydrogen-bond donors (Lipinski definition) is 0. The molecular formula is C9H10O2Y-2. The maximum Gasteiger partial charge on any atom is 0.0606 e. The van der Waals surface area contributed by atoms with Crippen molar-refractivity contribution in [2.45, 2.75) is 0 Å². The maximum atomic E-state index is 8.69. The summed E-state index contributed by atoms with van der Waals surface area (Å²) in [7, 11) is 1.64. The Labute approximate surface area is 98.2 Å². The van der Waals surface area contributed by atoms with E-state index < -0.39 is 0 Å². The molecule has 1 aromatic rings. The van der Waals surface area contributed by atoms with Crippen molar-refractivity contribution in [2.24, 2.45) is 0 Å². The molecule has 1 rings (SSSR count). The Morgan fingerprint density at radius 2 is 2.25 bits per heavy atom. The van der Waals surface area contributed by atoms with Gasteiger partial charge in [-0.15, -0.1) is 12.1 Å². The number of methoxy groups -OCH3 is 1. The van der Waals surface area contributed by atoms with Crippen molar-refractivity contribution in [3.8, 4) is 5.75 Å². The normalized spacial score (nSPS) is 6.75. The van der Waals surface area contributed by atoms with E-state index in [0.717, 1.165) is 5.75 Å². The molecule has 0 bridgehead atoms. The van der Waals surface area contributed by atoms with Gasteiger partial charge in [-0.2, -0.15) is 18.2 Å². The summed E-state index contributed by atoms with van der Waals surface area (Å²) >= 11 is 0. The Morgan fingerprint density at radius 3 is 2.50 bits per heavy atom. The molecule has 0 amide bonds. The fraction of sp³-hybridized carbons (Fsp3) is 0.111. The minimum Gasteiger partial charge on any atom is -0.554 e. The molecule has 12 heavy (non-hydrogen) atoms. The van der Waals surface area contributed by atoms with Crippen LogP contribution in [-0.2, 0) is 37.5 Å². The van der Waals surface area contributed by atoms with Crippen LogP contribution >= 0.6 is 0 Å². The predicted octanol–water partition coefficient (Wildman–Crippen LogP) is 1.51. The molecule has 2 nitrogen and oxygen atoms in total. The monoisotopic (exact) mass is 239 g/mol. The van der Waals surface area contributed by atoms with Crippen molar-refractivity contribution in [3.63, 3.8) is 0 Å². The third kappa shape index (κ3) is 7.77. The van der Waals surface area contributed by atoms with Crippen molar-refractivity contribution in [1.29, 1.82) is 0 Å². The Balaban J connectivity index is 0. The van der Waals surface area contributed by atoms with E-state index in [9.17, 15) is 0 Å². The summed E-state index contributed by atoms with van der Waals surface area (Å²) in [6.45, 7) is 2.81. The largest absolute Gasteiger partial charge is 0.554 e. The molecule has 1 radical (unpaired) electrons. The van der Waals surface area contributed by atoms with E-state index in [1.165, 1.54) is 0 Å². The van der Waals surface area contributed by atoms with Gasteiger partial charge in [0.15, 0.2) is 0 Å². The number of aldehydes is 1. The molecule has 0 heterocycles. The standard InChI is InChI=1S/C7H7O.C2H3O.Y/c1-8-7-5-3-2-4-6-7;1-2-3;/h2-3,5-6H,1H3;2H,1H2;/q2*-1;. The Bertz CT molecular complexity index is 187. The Kier molecular flexibility index (Phi) is 12.6. The smallest absolute Gasteiger partial charge is 0.0606 e. The number of benzene rings is 1. The first-order valence-corrected chi connectivity index (χ1v) is 3.08. The van der Waals surface area contributed by atoms with Gasteiger partial charge in [0, 0.05) is 38.5 Å². The van der Waals surface area contributed by atoms with Crippen LogP contribution in [0.2, 0.25) is 0 Å². The van der Waals surface area contributed by atoms with Crippen LogP contribution in [0.4, 0.5) is 0 Å². The van der Waals surface area contributed by atoms with Gasteiger partial charge in [0.25, 0.3) is 0 Å². The first-order valence-electron chi connectivity index (χ1n) is 3.08. The van der Waals surface area contributed by atoms with Crippen molar-refractivity contribution in [3.05, 3.63) is 37.3 Å². The van der Waals surface area contributed by atoms with E-state index in [1.54, 1.807) is 13.2 Å². The van der Waals surface area contributed by atoms with E-state index in [1.807, 2.05) is 18.2 Å². The number of carbonyl (C=O) groups excluding carboxylic acids is 1. The quantitative estimate of drug-likeness (QED) is 0.548. The summed E-state index contributed by atoms with van der Waals surface area (Å²) < 4.78 is 4.88. The van der Waals surface area contributed by atoms with Crippen molar-refractivity contribution < 1.29 is 42.2 Å². The van der Waals surface area contributed by atoms with E-state index in [0.29, 0.717) is 6.29 Å². The number of hydrogen-bond acceptors (Lipinski definition) is 2. The van der Waals surface area contributed by atoms with Gasteiger partial charge in [0.1, 0.15) is 0 Å². The molecule has 0 unspecified atom stereocenters. The zero-order chi connectivity index (χ0) is 8.53. The van der Waals surface area contributed by atoms with Crippen LogP contribution in [0.5, 0.6) is 5.75 Å².